The molecule has 0 amide bonds. The van der Waals surface area contributed by atoms with Crippen LogP contribution in [0.4, 0.5) is 0 Å². The number of hydrogen-bond acceptors (Lipinski definition) is 4. The third kappa shape index (κ3) is 4.86. The molecule has 3 nitrogen and oxygen atoms in total. The zero-order chi connectivity index (χ0) is 14.6. The topological polar surface area (TPSA) is 34.1 Å². The van der Waals surface area contributed by atoms with Crippen LogP contribution in [0.5, 0.6) is 0 Å². The van der Waals surface area contributed by atoms with E-state index in [2.05, 4.69) is 46.9 Å². The maximum Gasteiger partial charge on any atom is 0.123 e. The highest BCUT2D eigenvalue weighted by molar-refractivity contribution is 7.11. The lowest BCUT2D eigenvalue weighted by molar-refractivity contribution is -0.0134. The first-order chi connectivity index (χ1) is 8.75. The Morgan fingerprint density at radius 3 is 2.42 bits per heavy atom. The van der Waals surface area contributed by atoms with E-state index in [9.17, 15) is 0 Å². The second kappa shape index (κ2) is 6.82. The molecule has 1 aromatic rings. The molecule has 1 N–H and O–H groups in total. The van der Waals surface area contributed by atoms with Crippen molar-refractivity contribution in [2.45, 2.75) is 67.2 Å². The average molecular weight is 284 g/mol. The van der Waals surface area contributed by atoms with Gasteiger partial charge in [0.1, 0.15) is 11.1 Å². The van der Waals surface area contributed by atoms with E-state index in [4.69, 9.17) is 9.72 Å². The number of aryl methyl sites for hydroxylation is 1. The minimum absolute atomic E-state index is 0.0725. The van der Waals surface area contributed by atoms with Gasteiger partial charge in [-0.3, -0.25) is 0 Å². The summed E-state index contributed by atoms with van der Waals surface area (Å²) >= 11 is 1.78. The number of aromatic nitrogens is 1. The summed E-state index contributed by atoms with van der Waals surface area (Å²) in [4.78, 5) is 6.04. The first-order valence-electron chi connectivity index (χ1n) is 7.06. The summed E-state index contributed by atoms with van der Waals surface area (Å²) in [5.74, 6) is 0. The van der Waals surface area contributed by atoms with E-state index in [1.54, 1.807) is 11.3 Å². The normalized spacial score (nSPS) is 14.1. The van der Waals surface area contributed by atoms with Gasteiger partial charge in [0.15, 0.2) is 0 Å². The number of nitrogens with one attached hydrogen (secondary N) is 1. The second-order valence-electron chi connectivity index (χ2n) is 6.30. The fourth-order valence-corrected chi connectivity index (χ4v) is 3.19. The molecular weight excluding hydrogens is 256 g/mol. The first kappa shape index (κ1) is 16.6. The van der Waals surface area contributed by atoms with Crippen LogP contribution in [-0.2, 0) is 11.3 Å². The smallest absolute Gasteiger partial charge is 0.123 e. The quantitative estimate of drug-likeness (QED) is 0.855. The van der Waals surface area contributed by atoms with Crippen molar-refractivity contribution >= 4 is 11.3 Å². The monoisotopic (exact) mass is 284 g/mol. The molecule has 0 spiro atoms. The fraction of sp³-hybridized carbons (Fsp3) is 0.800. The van der Waals surface area contributed by atoms with Crippen LogP contribution in [0.25, 0.3) is 0 Å². The molecule has 1 atom stereocenters. The van der Waals surface area contributed by atoms with Crippen LogP contribution < -0.4 is 5.32 Å². The van der Waals surface area contributed by atoms with Crippen molar-refractivity contribution in [3.63, 3.8) is 0 Å². The lowest BCUT2D eigenvalue weighted by Gasteiger charge is -2.28. The Morgan fingerprint density at radius 1 is 1.32 bits per heavy atom. The summed E-state index contributed by atoms with van der Waals surface area (Å²) < 4.78 is 5.91. The van der Waals surface area contributed by atoms with E-state index in [0.29, 0.717) is 6.04 Å². The van der Waals surface area contributed by atoms with E-state index in [1.165, 1.54) is 4.88 Å². The molecule has 0 aliphatic rings. The standard InChI is InChI=1S/C15H28N2OS/c1-8-18-13(15(5,6)7)14-17-11(4)12(19-14)9-16-10(2)3/h10,13,16H,8-9H2,1-7H3. The highest BCUT2D eigenvalue weighted by atomic mass is 32.1. The number of rotatable bonds is 6. The van der Waals surface area contributed by atoms with Gasteiger partial charge in [0.05, 0.1) is 5.69 Å². The molecule has 0 bridgehead atoms. The summed E-state index contributed by atoms with van der Waals surface area (Å²) in [7, 11) is 0. The zero-order valence-electron chi connectivity index (χ0n) is 13.3. The van der Waals surface area contributed by atoms with Crippen LogP contribution in [0.3, 0.4) is 0 Å². The summed E-state index contributed by atoms with van der Waals surface area (Å²) in [6.07, 6.45) is 0.0778. The Hall–Kier alpha value is -0.450. The fourth-order valence-electron chi connectivity index (χ4n) is 1.88. The predicted octanol–water partition coefficient (Wildman–Crippen LogP) is 4.07. The first-order valence-corrected chi connectivity index (χ1v) is 7.88. The van der Waals surface area contributed by atoms with Crippen molar-refractivity contribution in [1.29, 1.82) is 0 Å². The molecule has 1 aromatic heterocycles. The Labute approximate surface area is 121 Å². The number of nitrogens with zero attached hydrogens (tertiary/aromatic N) is 1. The summed E-state index contributed by atoms with van der Waals surface area (Å²) in [6.45, 7) is 16.7. The van der Waals surface area contributed by atoms with Gasteiger partial charge >= 0.3 is 0 Å². The van der Waals surface area contributed by atoms with Crippen LogP contribution >= 0.6 is 11.3 Å². The molecule has 110 valence electrons. The van der Waals surface area contributed by atoms with Gasteiger partial charge < -0.3 is 10.1 Å². The van der Waals surface area contributed by atoms with E-state index >= 15 is 0 Å². The molecule has 0 aliphatic heterocycles. The maximum atomic E-state index is 5.91. The Balaban J connectivity index is 2.90. The molecule has 0 saturated carbocycles. The highest BCUT2D eigenvalue weighted by Gasteiger charge is 2.30. The number of thiazole rings is 1. The lowest BCUT2D eigenvalue weighted by Crippen LogP contribution is -2.21. The minimum atomic E-state index is 0.0725. The second-order valence-corrected chi connectivity index (χ2v) is 7.41. The molecule has 19 heavy (non-hydrogen) atoms. The van der Waals surface area contributed by atoms with Gasteiger partial charge in [0, 0.05) is 24.1 Å². The largest absolute Gasteiger partial charge is 0.371 e. The van der Waals surface area contributed by atoms with Gasteiger partial charge in [-0.1, -0.05) is 34.6 Å². The zero-order valence-corrected chi connectivity index (χ0v) is 14.1. The van der Waals surface area contributed by atoms with Crippen molar-refractivity contribution < 1.29 is 4.74 Å². The Morgan fingerprint density at radius 2 is 1.95 bits per heavy atom. The molecule has 0 fully saturated rings. The molecular formula is C15H28N2OS. The highest BCUT2D eigenvalue weighted by Crippen LogP contribution is 2.38. The molecule has 0 aliphatic carbocycles. The van der Waals surface area contributed by atoms with Gasteiger partial charge in [-0.25, -0.2) is 4.98 Å². The van der Waals surface area contributed by atoms with Crippen LogP contribution in [0.1, 0.15) is 63.2 Å². The third-order valence-corrected chi connectivity index (χ3v) is 4.12. The summed E-state index contributed by atoms with van der Waals surface area (Å²) in [6, 6.07) is 0.496. The summed E-state index contributed by atoms with van der Waals surface area (Å²) in [5, 5.41) is 4.56. The number of hydrogen-bond donors (Lipinski definition) is 1. The molecule has 0 saturated heterocycles. The molecule has 1 heterocycles. The predicted molar refractivity (Wildman–Crippen MR) is 82.6 cm³/mol. The molecule has 4 heteroatoms. The van der Waals surface area contributed by atoms with Crippen molar-refractivity contribution in [1.82, 2.24) is 10.3 Å². The van der Waals surface area contributed by atoms with E-state index in [-0.39, 0.29) is 11.5 Å². The van der Waals surface area contributed by atoms with Gasteiger partial charge in [0.25, 0.3) is 0 Å². The Bertz CT molecular complexity index is 393. The van der Waals surface area contributed by atoms with Gasteiger partial charge in [0.2, 0.25) is 0 Å². The van der Waals surface area contributed by atoms with Gasteiger partial charge in [-0.15, -0.1) is 11.3 Å². The molecule has 0 aromatic carbocycles. The van der Waals surface area contributed by atoms with Crippen LogP contribution in [0, 0.1) is 12.3 Å². The molecule has 0 radical (unpaired) electrons. The lowest BCUT2D eigenvalue weighted by atomic mass is 9.89. The van der Waals surface area contributed by atoms with Gasteiger partial charge in [-0.05, 0) is 19.3 Å². The van der Waals surface area contributed by atoms with Crippen molar-refractivity contribution in [3.8, 4) is 0 Å². The number of ether oxygens (including phenoxy) is 1. The van der Waals surface area contributed by atoms with Crippen molar-refractivity contribution in [2.75, 3.05) is 6.61 Å². The van der Waals surface area contributed by atoms with Crippen LogP contribution in [0.2, 0.25) is 0 Å². The van der Waals surface area contributed by atoms with Crippen LogP contribution in [-0.4, -0.2) is 17.6 Å². The summed E-state index contributed by atoms with van der Waals surface area (Å²) in [5.41, 5.74) is 1.20. The maximum absolute atomic E-state index is 5.91. The third-order valence-electron chi connectivity index (χ3n) is 2.92. The van der Waals surface area contributed by atoms with Crippen molar-refractivity contribution in [2.24, 2.45) is 5.41 Å². The van der Waals surface area contributed by atoms with Crippen LogP contribution in [0.15, 0.2) is 0 Å². The molecule has 1 rings (SSSR count). The average Bonchev–Trinajstić information content (AvgIpc) is 2.62. The van der Waals surface area contributed by atoms with Gasteiger partial charge in [-0.2, -0.15) is 0 Å². The molecule has 1 unspecified atom stereocenters. The van der Waals surface area contributed by atoms with E-state index < -0.39 is 0 Å². The SMILES string of the molecule is CCOC(c1nc(C)c(CNC(C)C)s1)C(C)(C)C. The van der Waals surface area contributed by atoms with E-state index in [0.717, 1.165) is 23.9 Å². The van der Waals surface area contributed by atoms with E-state index in [1.807, 2.05) is 6.92 Å². The Kier molecular flexibility index (Phi) is 5.96. The van der Waals surface area contributed by atoms with Crippen molar-refractivity contribution in [3.05, 3.63) is 15.6 Å². The minimum Gasteiger partial charge on any atom is -0.371 e.